The third-order valence-corrected chi connectivity index (χ3v) is 18.0. The Hall–Kier alpha value is -8.03. The number of nitrogens with one attached hydrogen (secondary N) is 7. The minimum atomic E-state index is -1.60. The monoisotopic (exact) mass is 1360 g/mol. The zero-order valence-corrected chi connectivity index (χ0v) is 56.7. The van der Waals surface area contributed by atoms with Crippen molar-refractivity contribution < 1.29 is 62.3 Å². The van der Waals surface area contributed by atoms with Crippen LogP contribution in [0.3, 0.4) is 0 Å². The van der Waals surface area contributed by atoms with Crippen LogP contribution in [0.1, 0.15) is 121 Å². The molecule has 4 rings (SSSR count). The van der Waals surface area contributed by atoms with Crippen LogP contribution in [0.15, 0.2) is 65.7 Å². The molecule has 0 spiro atoms. The molecule has 2 aliphatic heterocycles. The summed E-state index contributed by atoms with van der Waals surface area (Å²) in [6.45, 7) is 4.91. The molecule has 0 radical (unpaired) electrons. The Morgan fingerprint density at radius 2 is 1.07 bits per heavy atom. The maximum absolute atomic E-state index is 14.7. The number of hydrogen-bond acceptors (Lipinski definition) is 18. The van der Waals surface area contributed by atoms with Crippen molar-refractivity contribution in [2.75, 3.05) is 57.6 Å². The van der Waals surface area contributed by atoms with Crippen LogP contribution in [0, 0.1) is 5.92 Å². The van der Waals surface area contributed by atoms with Gasteiger partial charge in [0.1, 0.15) is 48.3 Å². The fraction of sp³-hybridized carbons (Fsp3) is 0.609. The second-order valence-electron chi connectivity index (χ2n) is 24.1. The summed E-state index contributed by atoms with van der Waals surface area (Å²) >= 11 is 2.83. The van der Waals surface area contributed by atoms with Crippen molar-refractivity contribution in [1.29, 1.82) is 0 Å². The standard InChI is InChI=1S/C64H100N16O13S2/c1-39(2)36-51(60(89)76-46(28-34-94-4)63(92)93-3)95-35-31-71-54(83)47(37-40-16-7-5-8-17-40)77-57(86)48(38-41-18-9-6-10-19-41)78-56(85)43(24-26-52(67)81)73-55(84)44(25-27-53(68)82)74-58(87)50-23-15-33-80(50)62(91)45(21-11-12-29-65)75-59(88)49-22-14-32-79(49)61(90)42(66)20-13-30-72-64(69)70/h5-10,16-19,39,42-51H,11-15,20-38,65-66H2,1-4H3,(H2,67,81)(H2,68,82)(H,71,83)(H,73,84)(H,74,87)(H,75,88)(H,76,89)(H,77,86)(H,78,85)(H4,69,70,72)/t42-,43-,44-,45-,46-,47+,48-,49+,50+,51+/m0/s1. The second kappa shape index (κ2) is 42.4. The van der Waals surface area contributed by atoms with Gasteiger partial charge in [-0.15, -0.1) is 11.8 Å². The maximum atomic E-state index is 14.7. The number of esters is 1. The number of thioether (sulfide) groups is 2. The molecule has 2 fully saturated rings. The summed E-state index contributed by atoms with van der Waals surface area (Å²) in [4.78, 5) is 172. The number of primary amides is 2. The highest BCUT2D eigenvalue weighted by atomic mass is 32.2. The highest BCUT2D eigenvalue weighted by Crippen LogP contribution is 2.24. The van der Waals surface area contributed by atoms with Crippen LogP contribution >= 0.6 is 23.5 Å². The first-order valence-electron chi connectivity index (χ1n) is 32.4. The van der Waals surface area contributed by atoms with Gasteiger partial charge in [-0.2, -0.15) is 11.8 Å². The number of hydrogen-bond donors (Lipinski definition) is 13. The molecule has 2 aromatic carbocycles. The van der Waals surface area contributed by atoms with Gasteiger partial charge < -0.3 is 86.2 Å². The predicted octanol–water partition coefficient (Wildman–Crippen LogP) is -1.41. The molecular formula is C64H100N16O13S2. The van der Waals surface area contributed by atoms with Gasteiger partial charge in [0.25, 0.3) is 0 Å². The quantitative estimate of drug-likeness (QED) is 0.0157. The summed E-state index contributed by atoms with van der Waals surface area (Å²) in [6.07, 6.45) is 4.03. The largest absolute Gasteiger partial charge is 0.467 e. The zero-order chi connectivity index (χ0) is 70.0. The SMILES string of the molecule is COC(=O)[C@H](CCSC)NC(=O)[C@@H](CC(C)C)SCCNC(=O)[C@@H](Cc1ccccc1)NC(=O)[C@H](Cc1ccccc1)NC(=O)[C@H](CCC(N)=O)NC(=O)[C@H](CCC(N)=O)NC(=O)[C@H]1CCCN1C(=O)[C@H](CCCCN)NC(=O)[C@H]1CCCN1C(=O)[C@@H](N)CCCN=C(N)N. The molecule has 2 heterocycles. The van der Waals surface area contributed by atoms with E-state index in [2.05, 4.69) is 42.2 Å². The van der Waals surface area contributed by atoms with Crippen molar-refractivity contribution in [3.63, 3.8) is 0 Å². The summed E-state index contributed by atoms with van der Waals surface area (Å²) in [5.74, 6) is -7.41. The van der Waals surface area contributed by atoms with Gasteiger partial charge in [-0.25, -0.2) is 4.79 Å². The number of benzene rings is 2. The molecule has 0 saturated carbocycles. The average Bonchev–Trinajstić information content (AvgIpc) is 1.76. The Balaban J connectivity index is 1.55. The number of nitrogens with zero attached hydrogens (tertiary/aromatic N) is 3. The third-order valence-electron chi connectivity index (χ3n) is 16.1. The van der Waals surface area contributed by atoms with Gasteiger partial charge in [-0.05, 0) is 119 Å². The molecular weight excluding hydrogens is 1260 g/mol. The number of methoxy groups -OCH3 is 1. The summed E-state index contributed by atoms with van der Waals surface area (Å²) in [7, 11) is 1.26. The molecule has 31 heteroatoms. The molecule has 19 N–H and O–H groups in total. The third kappa shape index (κ3) is 28.1. The normalized spacial score (nSPS) is 16.9. The minimum absolute atomic E-state index is 0.0133. The molecule has 95 heavy (non-hydrogen) atoms. The smallest absolute Gasteiger partial charge is 0.328 e. The predicted molar refractivity (Wildman–Crippen MR) is 363 cm³/mol. The summed E-state index contributed by atoms with van der Waals surface area (Å²) in [5, 5.41) is 18.7. The van der Waals surface area contributed by atoms with Crippen LogP contribution in [0.2, 0.25) is 0 Å². The lowest BCUT2D eigenvalue weighted by molar-refractivity contribution is -0.145. The van der Waals surface area contributed by atoms with Gasteiger partial charge in [0, 0.05) is 57.6 Å². The van der Waals surface area contributed by atoms with E-state index in [1.54, 1.807) is 60.7 Å². The van der Waals surface area contributed by atoms with E-state index in [1.165, 1.54) is 40.4 Å². The van der Waals surface area contributed by atoms with Crippen LogP contribution in [0.25, 0.3) is 0 Å². The lowest BCUT2D eigenvalue weighted by Gasteiger charge is -2.32. The van der Waals surface area contributed by atoms with Gasteiger partial charge in [0.2, 0.25) is 65.0 Å². The summed E-state index contributed by atoms with van der Waals surface area (Å²) < 4.78 is 4.94. The fourth-order valence-corrected chi connectivity index (χ4v) is 12.8. The van der Waals surface area contributed by atoms with Crippen molar-refractivity contribution >= 4 is 100 Å². The van der Waals surface area contributed by atoms with E-state index in [9.17, 15) is 57.5 Å². The molecule has 0 bridgehead atoms. The van der Waals surface area contributed by atoms with E-state index in [1.807, 2.05) is 20.1 Å². The Morgan fingerprint density at radius 1 is 0.579 bits per heavy atom. The molecule has 10 atom stereocenters. The zero-order valence-electron chi connectivity index (χ0n) is 55.0. The number of likely N-dealkylation sites (tertiary alicyclic amines) is 2. The number of nitrogens with two attached hydrogens (primary N) is 6. The fourth-order valence-electron chi connectivity index (χ4n) is 11.1. The first-order chi connectivity index (χ1) is 45.4. The molecule has 2 aliphatic rings. The topological polar surface area (TPSA) is 473 Å². The van der Waals surface area contributed by atoms with Crippen LogP contribution in [-0.4, -0.2) is 204 Å². The van der Waals surface area contributed by atoms with Crippen LogP contribution in [-0.2, 0) is 75.1 Å². The van der Waals surface area contributed by atoms with E-state index < -0.39 is 144 Å². The number of amides is 11. The Labute approximate surface area is 564 Å². The van der Waals surface area contributed by atoms with Crippen molar-refractivity contribution in [3.05, 3.63) is 71.8 Å². The summed E-state index contributed by atoms with van der Waals surface area (Å²) in [6, 6.07) is 6.68. The highest BCUT2D eigenvalue weighted by Gasteiger charge is 2.42. The van der Waals surface area contributed by atoms with E-state index in [0.29, 0.717) is 74.8 Å². The van der Waals surface area contributed by atoms with Crippen LogP contribution in [0.5, 0.6) is 0 Å². The van der Waals surface area contributed by atoms with E-state index in [0.717, 1.165) is 0 Å². The van der Waals surface area contributed by atoms with E-state index in [4.69, 9.17) is 39.1 Å². The maximum Gasteiger partial charge on any atom is 0.328 e. The molecule has 0 aromatic heterocycles. The van der Waals surface area contributed by atoms with Gasteiger partial charge in [0.05, 0.1) is 18.4 Å². The van der Waals surface area contributed by atoms with Gasteiger partial charge in [0.15, 0.2) is 5.96 Å². The van der Waals surface area contributed by atoms with Gasteiger partial charge >= 0.3 is 5.97 Å². The minimum Gasteiger partial charge on any atom is -0.467 e. The Morgan fingerprint density at radius 3 is 1.58 bits per heavy atom. The average molecular weight is 1370 g/mol. The lowest BCUT2D eigenvalue weighted by Crippen LogP contribution is -2.60. The highest BCUT2D eigenvalue weighted by molar-refractivity contribution is 8.00. The number of carbonyl (C=O) groups is 12. The van der Waals surface area contributed by atoms with Crippen LogP contribution in [0.4, 0.5) is 0 Å². The molecule has 0 unspecified atom stereocenters. The number of guanidine groups is 1. The number of rotatable bonds is 43. The Bertz CT molecular complexity index is 2890. The Kier molecular flexibility index (Phi) is 35.5. The molecule has 526 valence electrons. The second-order valence-corrected chi connectivity index (χ2v) is 26.4. The summed E-state index contributed by atoms with van der Waals surface area (Å²) in [5.41, 5.74) is 35.3. The number of unbranched alkanes of at least 4 members (excludes halogenated alkanes) is 1. The van der Waals surface area contributed by atoms with Crippen molar-refractivity contribution in [1.82, 2.24) is 47.0 Å². The van der Waals surface area contributed by atoms with E-state index >= 15 is 0 Å². The molecule has 29 nitrogen and oxygen atoms in total. The first-order valence-corrected chi connectivity index (χ1v) is 34.9. The molecule has 2 saturated heterocycles. The molecule has 2 aromatic rings. The molecule has 0 aliphatic carbocycles. The number of ether oxygens (including phenoxy) is 1. The number of carbonyl (C=O) groups excluding carboxylic acids is 12. The lowest BCUT2D eigenvalue weighted by atomic mass is 10.0. The number of aliphatic imine (C=N–C) groups is 1. The van der Waals surface area contributed by atoms with Gasteiger partial charge in [-0.1, -0.05) is 74.5 Å². The van der Waals surface area contributed by atoms with Crippen molar-refractivity contribution in [2.24, 2.45) is 45.3 Å². The van der Waals surface area contributed by atoms with Gasteiger partial charge in [-0.3, -0.25) is 57.7 Å². The van der Waals surface area contributed by atoms with Crippen molar-refractivity contribution in [2.45, 2.75) is 183 Å². The van der Waals surface area contributed by atoms with E-state index in [-0.39, 0.29) is 88.2 Å². The van der Waals surface area contributed by atoms with Crippen molar-refractivity contribution in [3.8, 4) is 0 Å². The first kappa shape index (κ1) is 79.4. The van der Waals surface area contributed by atoms with Crippen LogP contribution < -0.4 is 71.6 Å². The molecule has 11 amide bonds.